The molecule has 2 aromatic heterocycles. The quantitative estimate of drug-likeness (QED) is 0.766. The van der Waals surface area contributed by atoms with Crippen molar-refractivity contribution >= 4 is 17.8 Å². The highest BCUT2D eigenvalue weighted by atomic mass is 16.5. The van der Waals surface area contributed by atoms with Crippen LogP contribution in [0.4, 0.5) is 0 Å². The molecule has 0 bridgehead atoms. The Morgan fingerprint density at radius 2 is 2.14 bits per heavy atom. The van der Waals surface area contributed by atoms with Gasteiger partial charge in [-0.15, -0.1) is 0 Å². The van der Waals surface area contributed by atoms with E-state index < -0.39 is 17.4 Å². The summed E-state index contributed by atoms with van der Waals surface area (Å²) < 4.78 is 11.7. The van der Waals surface area contributed by atoms with Crippen molar-refractivity contribution in [1.29, 1.82) is 0 Å². The number of aromatic nitrogens is 2. The standard InChI is InChI=1S/C20H24N4O5/c1-20(19(27)22-13-6-3-4-7-13)11-23-12-21-15(18(26)28-2)16(23)17(25)24(20)10-14-8-5-9-29-14/h5,8-9,12-13H,3-4,6-7,10-11H2,1-2H3,(H,22,27)/t20-/m0/s1. The molecule has 2 aliphatic rings. The van der Waals surface area contributed by atoms with Crippen LogP contribution in [-0.4, -0.2) is 50.9 Å². The van der Waals surface area contributed by atoms with Crippen molar-refractivity contribution < 1.29 is 23.5 Å². The molecule has 4 rings (SSSR count). The molecule has 0 radical (unpaired) electrons. The first kappa shape index (κ1) is 19.2. The van der Waals surface area contributed by atoms with Gasteiger partial charge < -0.3 is 23.9 Å². The summed E-state index contributed by atoms with van der Waals surface area (Å²) in [6, 6.07) is 3.59. The Kier molecular flexibility index (Phi) is 4.89. The highest BCUT2D eigenvalue weighted by Gasteiger charge is 2.49. The molecule has 1 fully saturated rings. The number of carbonyl (C=O) groups excluding carboxylic acids is 3. The van der Waals surface area contributed by atoms with Gasteiger partial charge in [0.25, 0.3) is 5.91 Å². The number of carbonyl (C=O) groups is 3. The van der Waals surface area contributed by atoms with Crippen LogP contribution in [-0.2, 0) is 22.6 Å². The number of imidazole rings is 1. The number of rotatable bonds is 5. The summed E-state index contributed by atoms with van der Waals surface area (Å²) in [5, 5.41) is 3.10. The lowest BCUT2D eigenvalue weighted by molar-refractivity contribution is -0.134. The molecule has 1 atom stereocenters. The van der Waals surface area contributed by atoms with Crippen molar-refractivity contribution in [2.45, 2.75) is 57.3 Å². The Morgan fingerprint density at radius 1 is 1.38 bits per heavy atom. The van der Waals surface area contributed by atoms with Gasteiger partial charge in [0.05, 0.1) is 32.8 Å². The van der Waals surface area contributed by atoms with Gasteiger partial charge in [0.15, 0.2) is 5.69 Å². The van der Waals surface area contributed by atoms with Crippen LogP contribution < -0.4 is 5.32 Å². The SMILES string of the molecule is COC(=O)c1ncn2c1C(=O)N(Cc1ccco1)[C@](C)(C(=O)NC1CCCC1)C2. The van der Waals surface area contributed by atoms with Gasteiger partial charge in [0, 0.05) is 6.04 Å². The zero-order valence-corrected chi connectivity index (χ0v) is 16.5. The third-order valence-corrected chi connectivity index (χ3v) is 5.81. The summed E-state index contributed by atoms with van der Waals surface area (Å²) in [6.07, 6.45) is 6.98. The highest BCUT2D eigenvalue weighted by molar-refractivity contribution is 6.06. The number of hydrogen-bond donors (Lipinski definition) is 1. The fourth-order valence-electron chi connectivity index (χ4n) is 4.15. The number of hydrogen-bond acceptors (Lipinski definition) is 6. The molecule has 154 valence electrons. The van der Waals surface area contributed by atoms with Crippen molar-refractivity contribution in [3.8, 4) is 0 Å². The fourth-order valence-corrected chi connectivity index (χ4v) is 4.15. The molecule has 1 aliphatic heterocycles. The fraction of sp³-hybridized carbons (Fsp3) is 0.500. The predicted molar refractivity (Wildman–Crippen MR) is 101 cm³/mol. The van der Waals surface area contributed by atoms with E-state index in [-0.39, 0.29) is 36.4 Å². The van der Waals surface area contributed by atoms with Crippen LogP contribution in [0.5, 0.6) is 0 Å². The van der Waals surface area contributed by atoms with Gasteiger partial charge in [-0.25, -0.2) is 9.78 Å². The van der Waals surface area contributed by atoms with Crippen molar-refractivity contribution in [3.63, 3.8) is 0 Å². The molecular formula is C20H24N4O5. The number of methoxy groups -OCH3 is 1. The maximum atomic E-state index is 13.4. The molecular weight excluding hydrogens is 376 g/mol. The van der Waals surface area contributed by atoms with Gasteiger partial charge in [0.2, 0.25) is 5.91 Å². The smallest absolute Gasteiger partial charge is 0.359 e. The molecule has 1 aliphatic carbocycles. The number of nitrogens with one attached hydrogen (secondary N) is 1. The topological polar surface area (TPSA) is 107 Å². The van der Waals surface area contributed by atoms with Gasteiger partial charge in [0.1, 0.15) is 17.0 Å². The minimum absolute atomic E-state index is 0.0554. The second kappa shape index (κ2) is 7.38. The molecule has 9 heteroatoms. The van der Waals surface area contributed by atoms with Crippen LogP contribution in [0, 0.1) is 0 Å². The van der Waals surface area contributed by atoms with Crippen molar-refractivity contribution in [1.82, 2.24) is 19.8 Å². The van der Waals surface area contributed by atoms with Crippen LogP contribution in [0.15, 0.2) is 29.1 Å². The molecule has 1 saturated carbocycles. The Bertz CT molecular complexity index is 929. The van der Waals surface area contributed by atoms with Crippen LogP contribution >= 0.6 is 0 Å². The molecule has 1 N–H and O–H groups in total. The Hall–Kier alpha value is -3.10. The summed E-state index contributed by atoms with van der Waals surface area (Å²) in [7, 11) is 1.24. The zero-order chi connectivity index (χ0) is 20.6. The first-order chi connectivity index (χ1) is 13.9. The van der Waals surface area contributed by atoms with E-state index in [9.17, 15) is 14.4 Å². The number of esters is 1. The molecule has 0 saturated heterocycles. The lowest BCUT2D eigenvalue weighted by Crippen LogP contribution is -2.64. The average Bonchev–Trinajstić information content (AvgIpc) is 3.46. The number of ether oxygens (including phenoxy) is 1. The highest BCUT2D eigenvalue weighted by Crippen LogP contribution is 2.31. The van der Waals surface area contributed by atoms with Gasteiger partial charge >= 0.3 is 5.97 Å². The zero-order valence-electron chi connectivity index (χ0n) is 16.5. The van der Waals surface area contributed by atoms with E-state index in [1.54, 1.807) is 23.6 Å². The lowest BCUT2D eigenvalue weighted by Gasteiger charge is -2.43. The molecule has 9 nitrogen and oxygen atoms in total. The maximum absolute atomic E-state index is 13.4. The summed E-state index contributed by atoms with van der Waals surface area (Å²) in [4.78, 5) is 44.3. The average molecular weight is 400 g/mol. The normalized spacial score (nSPS) is 21.9. The van der Waals surface area contributed by atoms with E-state index in [4.69, 9.17) is 9.15 Å². The van der Waals surface area contributed by atoms with E-state index >= 15 is 0 Å². The van der Waals surface area contributed by atoms with Crippen LogP contribution in [0.3, 0.4) is 0 Å². The second-order valence-corrected chi connectivity index (χ2v) is 7.76. The molecule has 29 heavy (non-hydrogen) atoms. The predicted octanol–water partition coefficient (Wildman–Crippen LogP) is 1.74. The van der Waals surface area contributed by atoms with Gasteiger partial charge in [-0.05, 0) is 31.9 Å². The molecule has 0 aromatic carbocycles. The van der Waals surface area contributed by atoms with E-state index in [0.29, 0.717) is 5.76 Å². The van der Waals surface area contributed by atoms with E-state index in [1.807, 2.05) is 0 Å². The Balaban J connectivity index is 1.72. The molecule has 2 amide bonds. The minimum Gasteiger partial charge on any atom is -0.467 e. The van der Waals surface area contributed by atoms with Gasteiger partial charge in [-0.1, -0.05) is 12.8 Å². The summed E-state index contributed by atoms with van der Waals surface area (Å²) >= 11 is 0. The maximum Gasteiger partial charge on any atom is 0.359 e. The van der Waals surface area contributed by atoms with Crippen LogP contribution in [0.2, 0.25) is 0 Å². The van der Waals surface area contributed by atoms with Gasteiger partial charge in [-0.2, -0.15) is 0 Å². The number of fused-ring (bicyclic) bond motifs is 1. The lowest BCUT2D eigenvalue weighted by atomic mass is 9.93. The third-order valence-electron chi connectivity index (χ3n) is 5.81. The summed E-state index contributed by atoms with van der Waals surface area (Å²) in [6.45, 7) is 2.02. The first-order valence-electron chi connectivity index (χ1n) is 9.73. The van der Waals surface area contributed by atoms with E-state index in [1.165, 1.54) is 24.6 Å². The van der Waals surface area contributed by atoms with E-state index in [0.717, 1.165) is 25.7 Å². The monoisotopic (exact) mass is 400 g/mol. The number of nitrogens with zero attached hydrogens (tertiary/aromatic N) is 3. The summed E-state index contributed by atoms with van der Waals surface area (Å²) in [5.74, 6) is -0.826. The third kappa shape index (κ3) is 3.30. The molecule has 2 aromatic rings. The van der Waals surface area contributed by atoms with Crippen molar-refractivity contribution in [2.24, 2.45) is 0 Å². The van der Waals surface area contributed by atoms with Gasteiger partial charge in [-0.3, -0.25) is 9.59 Å². The van der Waals surface area contributed by atoms with Crippen LogP contribution in [0.1, 0.15) is 59.3 Å². The minimum atomic E-state index is -1.16. The van der Waals surface area contributed by atoms with Crippen LogP contribution in [0.25, 0.3) is 0 Å². The molecule has 0 spiro atoms. The van der Waals surface area contributed by atoms with Crippen molar-refractivity contribution in [2.75, 3.05) is 7.11 Å². The number of furan rings is 1. The second-order valence-electron chi connectivity index (χ2n) is 7.76. The number of amides is 2. The Labute approximate surface area is 168 Å². The Morgan fingerprint density at radius 3 is 2.79 bits per heavy atom. The largest absolute Gasteiger partial charge is 0.467 e. The van der Waals surface area contributed by atoms with E-state index in [2.05, 4.69) is 10.3 Å². The molecule has 3 heterocycles. The molecule has 0 unspecified atom stereocenters. The van der Waals surface area contributed by atoms with Crippen molar-refractivity contribution in [3.05, 3.63) is 41.9 Å². The first-order valence-corrected chi connectivity index (χ1v) is 9.73. The summed E-state index contributed by atoms with van der Waals surface area (Å²) in [5.41, 5.74) is -1.09.